The predicted molar refractivity (Wildman–Crippen MR) is 58.0 cm³/mol. The van der Waals surface area contributed by atoms with E-state index in [1.807, 2.05) is 18.2 Å². The van der Waals surface area contributed by atoms with Gasteiger partial charge >= 0.3 is 0 Å². The van der Waals surface area contributed by atoms with Gasteiger partial charge in [-0.05, 0) is 18.6 Å². The van der Waals surface area contributed by atoms with Gasteiger partial charge in [-0.25, -0.2) is 0 Å². The van der Waals surface area contributed by atoms with Crippen molar-refractivity contribution in [2.24, 2.45) is 0 Å². The Morgan fingerprint density at radius 2 is 2.21 bits per heavy atom. The third-order valence-electron chi connectivity index (χ3n) is 2.68. The molecule has 0 bridgehead atoms. The second-order valence-corrected chi connectivity index (χ2v) is 3.60. The highest BCUT2D eigenvalue weighted by Crippen LogP contribution is 2.34. The highest BCUT2D eigenvalue weighted by atomic mass is 16.3. The van der Waals surface area contributed by atoms with Crippen LogP contribution in [0.1, 0.15) is 17.7 Å². The molecule has 2 nitrogen and oxygen atoms in total. The first-order valence-electron chi connectivity index (χ1n) is 4.82. The number of nitrogen functional groups attached to an aromatic ring is 1. The van der Waals surface area contributed by atoms with E-state index in [2.05, 4.69) is 12.2 Å². The van der Waals surface area contributed by atoms with Crippen LogP contribution in [0, 0.1) is 0 Å². The van der Waals surface area contributed by atoms with Crippen molar-refractivity contribution in [3.63, 3.8) is 0 Å². The molecule has 2 N–H and O–H groups in total. The number of benzene rings is 1. The first-order chi connectivity index (χ1) is 6.86. The zero-order valence-electron chi connectivity index (χ0n) is 7.79. The van der Waals surface area contributed by atoms with Gasteiger partial charge in [0.15, 0.2) is 0 Å². The zero-order chi connectivity index (χ0) is 9.54. The van der Waals surface area contributed by atoms with Gasteiger partial charge < -0.3 is 10.2 Å². The minimum absolute atomic E-state index is 0.805. The molecule has 0 atom stereocenters. The van der Waals surface area contributed by atoms with Crippen molar-refractivity contribution < 1.29 is 4.42 Å². The van der Waals surface area contributed by atoms with E-state index in [-0.39, 0.29) is 0 Å². The van der Waals surface area contributed by atoms with E-state index in [0.29, 0.717) is 0 Å². The average molecular weight is 185 g/mol. The predicted octanol–water partition coefficient (Wildman–Crippen LogP) is 2.97. The summed E-state index contributed by atoms with van der Waals surface area (Å²) in [6.07, 6.45) is 6.33. The van der Waals surface area contributed by atoms with Gasteiger partial charge in [0.25, 0.3) is 0 Å². The summed E-state index contributed by atoms with van der Waals surface area (Å²) < 4.78 is 5.74. The van der Waals surface area contributed by atoms with Crippen molar-refractivity contribution in [3.05, 3.63) is 35.6 Å². The Labute approximate surface area is 82.0 Å². The Balaban J connectivity index is 2.45. The van der Waals surface area contributed by atoms with Crippen LogP contribution < -0.4 is 5.73 Å². The Bertz CT molecular complexity index is 522. The quantitative estimate of drug-likeness (QED) is 0.641. The molecule has 1 aliphatic rings. The molecule has 0 saturated heterocycles. The molecule has 3 rings (SSSR count). The second kappa shape index (κ2) is 2.64. The lowest BCUT2D eigenvalue weighted by molar-refractivity contribution is 0.546. The molecule has 0 radical (unpaired) electrons. The number of nitrogens with two attached hydrogens (primary N) is 1. The third kappa shape index (κ3) is 0.909. The molecule has 0 saturated carbocycles. The summed E-state index contributed by atoms with van der Waals surface area (Å²) in [5, 5.41) is 1.07. The summed E-state index contributed by atoms with van der Waals surface area (Å²) in [5.74, 6) is 1.07. The van der Waals surface area contributed by atoms with Crippen LogP contribution in [0.15, 0.2) is 28.7 Å². The fourth-order valence-corrected chi connectivity index (χ4v) is 2.03. The largest absolute Gasteiger partial charge is 0.460 e. The van der Waals surface area contributed by atoms with Gasteiger partial charge in [-0.2, -0.15) is 0 Å². The molecule has 1 aromatic carbocycles. The van der Waals surface area contributed by atoms with Gasteiger partial charge in [-0.3, -0.25) is 0 Å². The summed E-state index contributed by atoms with van der Waals surface area (Å²) in [6.45, 7) is 0. The lowest BCUT2D eigenvalue weighted by atomic mass is 10.0. The SMILES string of the molecule is Nc1cccc2oc3c(c12)C=CCC3. The molecule has 1 aliphatic carbocycles. The van der Waals surface area contributed by atoms with Crippen LogP contribution in [0.5, 0.6) is 0 Å². The molecule has 1 heterocycles. The fourth-order valence-electron chi connectivity index (χ4n) is 2.03. The maximum atomic E-state index is 5.93. The number of rotatable bonds is 0. The van der Waals surface area contributed by atoms with Gasteiger partial charge in [0.05, 0.1) is 5.39 Å². The fraction of sp³-hybridized carbons (Fsp3) is 0.167. The number of furan rings is 1. The van der Waals surface area contributed by atoms with Crippen LogP contribution in [0.25, 0.3) is 17.0 Å². The van der Waals surface area contributed by atoms with E-state index in [0.717, 1.165) is 35.3 Å². The summed E-state index contributed by atoms with van der Waals surface area (Å²) in [5.41, 5.74) is 8.81. The van der Waals surface area contributed by atoms with Crippen molar-refractivity contribution in [1.82, 2.24) is 0 Å². The molecule has 2 aromatic rings. The molecule has 0 fully saturated rings. The third-order valence-corrected chi connectivity index (χ3v) is 2.68. The number of hydrogen-bond acceptors (Lipinski definition) is 2. The molecule has 0 spiro atoms. The number of aryl methyl sites for hydroxylation is 1. The normalized spacial score (nSPS) is 14.6. The Morgan fingerprint density at radius 1 is 1.29 bits per heavy atom. The zero-order valence-corrected chi connectivity index (χ0v) is 7.79. The minimum Gasteiger partial charge on any atom is -0.460 e. The smallest absolute Gasteiger partial charge is 0.136 e. The Hall–Kier alpha value is -1.70. The molecular formula is C12H11NO. The van der Waals surface area contributed by atoms with E-state index >= 15 is 0 Å². The Morgan fingerprint density at radius 3 is 3.14 bits per heavy atom. The Kier molecular flexibility index (Phi) is 1.45. The van der Waals surface area contributed by atoms with Crippen LogP contribution in [0.2, 0.25) is 0 Å². The van der Waals surface area contributed by atoms with Gasteiger partial charge in [-0.15, -0.1) is 0 Å². The molecule has 2 heteroatoms. The van der Waals surface area contributed by atoms with Gasteiger partial charge in [-0.1, -0.05) is 18.2 Å². The molecule has 14 heavy (non-hydrogen) atoms. The van der Waals surface area contributed by atoms with Crippen molar-refractivity contribution in [3.8, 4) is 0 Å². The maximum absolute atomic E-state index is 5.93. The van der Waals surface area contributed by atoms with Crippen LogP contribution in [0.4, 0.5) is 5.69 Å². The first-order valence-corrected chi connectivity index (χ1v) is 4.82. The topological polar surface area (TPSA) is 39.2 Å². The molecule has 1 aromatic heterocycles. The highest BCUT2D eigenvalue weighted by Gasteiger charge is 2.15. The average Bonchev–Trinajstić information content (AvgIpc) is 2.57. The van der Waals surface area contributed by atoms with Gasteiger partial charge in [0, 0.05) is 17.7 Å². The molecular weight excluding hydrogens is 174 g/mol. The number of hydrogen-bond donors (Lipinski definition) is 1. The van der Waals surface area contributed by atoms with E-state index in [9.17, 15) is 0 Å². The van der Waals surface area contributed by atoms with Crippen LogP contribution in [-0.4, -0.2) is 0 Å². The lowest BCUT2D eigenvalue weighted by Crippen LogP contribution is -1.90. The molecule has 0 aliphatic heterocycles. The van der Waals surface area contributed by atoms with E-state index < -0.39 is 0 Å². The monoisotopic (exact) mass is 185 g/mol. The van der Waals surface area contributed by atoms with Crippen molar-refractivity contribution in [2.45, 2.75) is 12.8 Å². The van der Waals surface area contributed by atoms with Crippen LogP contribution >= 0.6 is 0 Å². The minimum atomic E-state index is 0.805. The number of allylic oxidation sites excluding steroid dienone is 1. The van der Waals surface area contributed by atoms with Gasteiger partial charge in [0.1, 0.15) is 11.3 Å². The van der Waals surface area contributed by atoms with Crippen molar-refractivity contribution >= 4 is 22.7 Å². The van der Waals surface area contributed by atoms with Crippen LogP contribution in [0.3, 0.4) is 0 Å². The van der Waals surface area contributed by atoms with E-state index in [1.54, 1.807) is 0 Å². The van der Waals surface area contributed by atoms with Crippen LogP contribution in [-0.2, 0) is 6.42 Å². The molecule has 0 unspecified atom stereocenters. The molecule has 0 amide bonds. The summed E-state index contributed by atoms with van der Waals surface area (Å²) in [7, 11) is 0. The standard InChI is InChI=1S/C12H11NO/c13-9-5-3-7-11-12(9)8-4-1-2-6-10(8)14-11/h1,3-5,7H,2,6,13H2. The van der Waals surface area contributed by atoms with E-state index in [4.69, 9.17) is 10.2 Å². The first kappa shape index (κ1) is 7.68. The number of anilines is 1. The lowest BCUT2D eigenvalue weighted by Gasteiger charge is -2.02. The van der Waals surface area contributed by atoms with Crippen molar-refractivity contribution in [1.29, 1.82) is 0 Å². The number of fused-ring (bicyclic) bond motifs is 3. The second-order valence-electron chi connectivity index (χ2n) is 3.60. The summed E-state index contributed by atoms with van der Waals surface area (Å²) in [6, 6.07) is 5.81. The van der Waals surface area contributed by atoms with Gasteiger partial charge in [0.2, 0.25) is 0 Å². The van der Waals surface area contributed by atoms with Crippen molar-refractivity contribution in [2.75, 3.05) is 5.73 Å². The summed E-state index contributed by atoms with van der Waals surface area (Å²) >= 11 is 0. The maximum Gasteiger partial charge on any atom is 0.136 e. The molecule has 70 valence electrons. The highest BCUT2D eigenvalue weighted by molar-refractivity contribution is 5.97. The van der Waals surface area contributed by atoms with E-state index in [1.165, 1.54) is 5.56 Å². The summed E-state index contributed by atoms with van der Waals surface area (Å²) in [4.78, 5) is 0.